The van der Waals surface area contributed by atoms with Gasteiger partial charge in [-0.15, -0.1) is 11.3 Å². The maximum Gasteiger partial charge on any atom is 0.144 e. The van der Waals surface area contributed by atoms with Crippen LogP contribution in [0.15, 0.2) is 29.3 Å². The summed E-state index contributed by atoms with van der Waals surface area (Å²) in [5.74, 6) is 2.86. The number of nitrogen functional groups attached to an aromatic ring is 1. The SMILES string of the molecule is Nc1nc(CSc2nc(CN3CCOCC3)nc3ccccc23)nc2sc3c(c12)CCCC3. The Morgan fingerprint density at radius 3 is 2.76 bits per heavy atom. The van der Waals surface area contributed by atoms with Crippen LogP contribution >= 0.6 is 23.1 Å². The van der Waals surface area contributed by atoms with E-state index in [9.17, 15) is 0 Å². The molecule has 170 valence electrons. The number of para-hydroxylation sites is 1. The number of aromatic nitrogens is 4. The van der Waals surface area contributed by atoms with Crippen LogP contribution in [0.5, 0.6) is 0 Å². The third kappa shape index (κ3) is 4.30. The lowest BCUT2D eigenvalue weighted by Gasteiger charge is -2.25. The van der Waals surface area contributed by atoms with Crippen LogP contribution in [0.1, 0.15) is 34.9 Å². The molecule has 4 heterocycles. The Kier molecular flexibility index (Phi) is 5.87. The molecule has 7 nitrogen and oxygen atoms in total. The lowest BCUT2D eigenvalue weighted by atomic mass is 9.97. The fourth-order valence-corrected chi connectivity index (χ4v) is 6.84. The summed E-state index contributed by atoms with van der Waals surface area (Å²) in [5.41, 5.74) is 8.77. The molecule has 33 heavy (non-hydrogen) atoms. The van der Waals surface area contributed by atoms with Gasteiger partial charge in [0, 0.05) is 23.4 Å². The number of ether oxygens (including phenoxy) is 1. The van der Waals surface area contributed by atoms with Crippen molar-refractivity contribution in [3.63, 3.8) is 0 Å². The summed E-state index contributed by atoms with van der Waals surface area (Å²) in [6, 6.07) is 8.20. The second-order valence-electron chi connectivity index (χ2n) is 8.56. The van der Waals surface area contributed by atoms with Crippen LogP contribution in [0, 0.1) is 0 Å². The fraction of sp³-hybridized carbons (Fsp3) is 0.417. The van der Waals surface area contributed by atoms with Gasteiger partial charge in [0.15, 0.2) is 0 Å². The monoisotopic (exact) mass is 478 g/mol. The van der Waals surface area contributed by atoms with Gasteiger partial charge in [0.05, 0.1) is 36.4 Å². The van der Waals surface area contributed by atoms with E-state index in [-0.39, 0.29) is 0 Å². The third-order valence-electron chi connectivity index (χ3n) is 6.31. The van der Waals surface area contributed by atoms with Crippen molar-refractivity contribution in [3.8, 4) is 0 Å². The van der Waals surface area contributed by atoms with Crippen LogP contribution in [-0.2, 0) is 29.9 Å². The quantitative estimate of drug-likeness (QED) is 0.337. The van der Waals surface area contributed by atoms with E-state index in [1.807, 2.05) is 12.1 Å². The number of rotatable bonds is 5. The van der Waals surface area contributed by atoms with E-state index >= 15 is 0 Å². The first-order valence-corrected chi connectivity index (χ1v) is 13.3. The highest BCUT2D eigenvalue weighted by Gasteiger charge is 2.20. The van der Waals surface area contributed by atoms with E-state index < -0.39 is 0 Å². The van der Waals surface area contributed by atoms with E-state index in [1.165, 1.54) is 23.3 Å². The van der Waals surface area contributed by atoms with Crippen molar-refractivity contribution >= 4 is 50.0 Å². The van der Waals surface area contributed by atoms with Crippen molar-refractivity contribution in [3.05, 3.63) is 46.4 Å². The van der Waals surface area contributed by atoms with Crippen molar-refractivity contribution in [2.45, 2.75) is 43.0 Å². The minimum Gasteiger partial charge on any atom is -0.383 e. The van der Waals surface area contributed by atoms with Gasteiger partial charge in [-0.25, -0.2) is 19.9 Å². The number of thioether (sulfide) groups is 1. The van der Waals surface area contributed by atoms with Crippen molar-refractivity contribution in [1.29, 1.82) is 0 Å². The van der Waals surface area contributed by atoms with Gasteiger partial charge in [-0.2, -0.15) is 0 Å². The number of benzene rings is 1. The Bertz CT molecular complexity index is 1320. The molecule has 1 aliphatic carbocycles. The molecule has 0 atom stereocenters. The summed E-state index contributed by atoms with van der Waals surface area (Å²) in [6.45, 7) is 4.09. The van der Waals surface area contributed by atoms with Crippen molar-refractivity contribution in [2.75, 3.05) is 32.0 Å². The topological polar surface area (TPSA) is 90.0 Å². The number of thiophene rings is 1. The highest BCUT2D eigenvalue weighted by Crippen LogP contribution is 2.38. The molecule has 2 aliphatic rings. The molecule has 0 saturated carbocycles. The molecule has 0 unspecified atom stereocenters. The Morgan fingerprint density at radius 1 is 1.00 bits per heavy atom. The normalized spacial score (nSPS) is 17.0. The molecule has 0 radical (unpaired) electrons. The number of aryl methyl sites for hydroxylation is 2. The molecule has 1 fully saturated rings. The summed E-state index contributed by atoms with van der Waals surface area (Å²) in [7, 11) is 0. The molecular formula is C24H26N6OS2. The van der Waals surface area contributed by atoms with E-state index in [2.05, 4.69) is 22.0 Å². The summed E-state index contributed by atoms with van der Waals surface area (Å²) < 4.78 is 5.48. The number of nitrogens with two attached hydrogens (primary N) is 1. The first kappa shape index (κ1) is 21.2. The fourth-order valence-electron chi connectivity index (χ4n) is 4.66. The number of hydrogen-bond donors (Lipinski definition) is 1. The Labute approximate surface area is 200 Å². The molecule has 2 N–H and O–H groups in total. The van der Waals surface area contributed by atoms with E-state index in [0.717, 1.165) is 83.5 Å². The molecule has 9 heteroatoms. The number of anilines is 1. The number of hydrogen-bond acceptors (Lipinski definition) is 9. The second kappa shape index (κ2) is 9.13. The average Bonchev–Trinajstić information content (AvgIpc) is 3.22. The van der Waals surface area contributed by atoms with Gasteiger partial charge in [-0.1, -0.05) is 30.0 Å². The van der Waals surface area contributed by atoms with Crippen LogP contribution in [0.25, 0.3) is 21.1 Å². The summed E-state index contributed by atoms with van der Waals surface area (Å²) in [5, 5.41) is 3.12. The minimum atomic E-state index is 0.621. The molecule has 1 aliphatic heterocycles. The molecule has 6 rings (SSSR count). The first-order valence-electron chi connectivity index (χ1n) is 11.5. The maximum atomic E-state index is 6.42. The summed E-state index contributed by atoms with van der Waals surface area (Å²) >= 11 is 3.45. The zero-order valence-corrected chi connectivity index (χ0v) is 20.1. The van der Waals surface area contributed by atoms with Gasteiger partial charge in [0.25, 0.3) is 0 Å². The van der Waals surface area contributed by atoms with Gasteiger partial charge in [0.1, 0.15) is 27.3 Å². The van der Waals surface area contributed by atoms with Crippen molar-refractivity contribution in [1.82, 2.24) is 24.8 Å². The number of nitrogens with zero attached hydrogens (tertiary/aromatic N) is 5. The molecular weight excluding hydrogens is 452 g/mol. The number of morpholine rings is 1. The summed E-state index contributed by atoms with van der Waals surface area (Å²) in [6.07, 6.45) is 4.71. The van der Waals surface area contributed by atoms with Crippen molar-refractivity contribution < 1.29 is 4.74 Å². The minimum absolute atomic E-state index is 0.621. The van der Waals surface area contributed by atoms with Crippen LogP contribution in [-0.4, -0.2) is 51.1 Å². The van der Waals surface area contributed by atoms with Gasteiger partial charge in [0.2, 0.25) is 0 Å². The molecule has 4 aromatic rings. The van der Waals surface area contributed by atoms with Gasteiger partial charge < -0.3 is 10.5 Å². The molecule has 1 saturated heterocycles. The summed E-state index contributed by atoms with van der Waals surface area (Å²) in [4.78, 5) is 24.1. The average molecular weight is 479 g/mol. The lowest BCUT2D eigenvalue weighted by molar-refractivity contribution is 0.0330. The molecule has 0 spiro atoms. The predicted octanol–water partition coefficient (Wildman–Crippen LogP) is 4.22. The lowest BCUT2D eigenvalue weighted by Crippen LogP contribution is -2.36. The Hall–Kier alpha value is -2.33. The van der Waals surface area contributed by atoms with E-state index in [0.29, 0.717) is 11.6 Å². The second-order valence-corrected chi connectivity index (χ2v) is 10.6. The van der Waals surface area contributed by atoms with E-state index in [4.69, 9.17) is 25.4 Å². The zero-order chi connectivity index (χ0) is 22.2. The largest absolute Gasteiger partial charge is 0.383 e. The van der Waals surface area contributed by atoms with E-state index in [1.54, 1.807) is 23.1 Å². The molecule has 0 amide bonds. The highest BCUT2D eigenvalue weighted by atomic mass is 32.2. The van der Waals surface area contributed by atoms with Gasteiger partial charge in [-0.05, 0) is 37.3 Å². The third-order valence-corrected chi connectivity index (χ3v) is 8.48. The van der Waals surface area contributed by atoms with Crippen LogP contribution in [0.4, 0.5) is 5.82 Å². The predicted molar refractivity (Wildman–Crippen MR) is 134 cm³/mol. The van der Waals surface area contributed by atoms with Crippen LogP contribution in [0.2, 0.25) is 0 Å². The smallest absolute Gasteiger partial charge is 0.144 e. The molecule has 3 aromatic heterocycles. The Morgan fingerprint density at radius 2 is 1.85 bits per heavy atom. The zero-order valence-electron chi connectivity index (χ0n) is 18.4. The van der Waals surface area contributed by atoms with Gasteiger partial charge >= 0.3 is 0 Å². The first-order chi connectivity index (χ1) is 16.2. The maximum absolute atomic E-state index is 6.42. The molecule has 0 bridgehead atoms. The van der Waals surface area contributed by atoms with Crippen molar-refractivity contribution in [2.24, 2.45) is 0 Å². The molecule has 1 aromatic carbocycles. The standard InChI is InChI=1S/C24H26N6OS2/c25-22-21-16-6-2-4-8-18(16)33-24(21)29-20(27-22)14-32-23-15-5-1-3-7-17(15)26-19(28-23)13-30-9-11-31-12-10-30/h1,3,5,7H,2,4,6,8-14H2,(H2,25,27,29). The Balaban J connectivity index is 1.28. The number of fused-ring (bicyclic) bond motifs is 4. The van der Waals surface area contributed by atoms with Gasteiger partial charge in [-0.3, -0.25) is 4.90 Å². The van der Waals surface area contributed by atoms with Crippen LogP contribution < -0.4 is 5.73 Å². The highest BCUT2D eigenvalue weighted by molar-refractivity contribution is 7.98. The van der Waals surface area contributed by atoms with Crippen LogP contribution in [0.3, 0.4) is 0 Å².